The highest BCUT2D eigenvalue weighted by molar-refractivity contribution is 4.81. The van der Waals surface area contributed by atoms with Crippen molar-refractivity contribution in [1.82, 2.24) is 0 Å². The maximum absolute atomic E-state index is 9.04. The van der Waals surface area contributed by atoms with Gasteiger partial charge in [0.2, 0.25) is 0 Å². The van der Waals surface area contributed by atoms with Crippen LogP contribution in [0, 0.1) is 5.41 Å². The highest BCUT2D eigenvalue weighted by Crippen LogP contribution is 2.38. The zero-order valence-corrected chi connectivity index (χ0v) is 16.0. The standard InChI is InChI=1S/C8H18O3.3C2H6O3/c1-4-7(5-2,6-3)8(9,10)11;3*1-2(3,4)5/h9-11H,4-6H2,1-3H3;3*3-5H,1H3. The van der Waals surface area contributed by atoms with Crippen molar-refractivity contribution in [3.05, 3.63) is 0 Å². The monoisotopic (exact) mass is 396 g/mol. The first-order valence-electron chi connectivity index (χ1n) is 7.62. The molecule has 0 radical (unpaired) electrons. The largest absolute Gasteiger partial charge is 0.344 e. The minimum Gasteiger partial charge on any atom is -0.344 e. The highest BCUT2D eigenvalue weighted by Gasteiger charge is 2.44. The zero-order valence-electron chi connectivity index (χ0n) is 16.0. The van der Waals surface area contributed by atoms with Crippen molar-refractivity contribution in [2.45, 2.75) is 84.7 Å². The van der Waals surface area contributed by atoms with Crippen molar-refractivity contribution < 1.29 is 61.3 Å². The summed E-state index contributed by atoms with van der Waals surface area (Å²) in [7, 11) is 0. The minimum absolute atomic E-state index is 0.559. The summed E-state index contributed by atoms with van der Waals surface area (Å²) in [4.78, 5) is 0. The van der Waals surface area contributed by atoms with Crippen molar-refractivity contribution in [2.75, 3.05) is 0 Å². The predicted octanol–water partition coefficient (Wildman–Crippen LogP) is -3.26. The Morgan fingerprint density at radius 1 is 0.423 bits per heavy atom. The third-order valence-corrected chi connectivity index (χ3v) is 2.74. The third kappa shape index (κ3) is 38.9. The smallest absolute Gasteiger partial charge is 0.281 e. The van der Waals surface area contributed by atoms with E-state index >= 15 is 0 Å². The second-order valence-corrected chi connectivity index (χ2v) is 5.89. The van der Waals surface area contributed by atoms with Gasteiger partial charge in [0.05, 0.1) is 5.41 Å². The first kappa shape index (κ1) is 33.1. The summed E-state index contributed by atoms with van der Waals surface area (Å²) in [5.74, 6) is -10.0. The Kier molecular flexibility index (Phi) is 16.3. The molecule has 164 valence electrons. The Morgan fingerprint density at radius 3 is 0.538 bits per heavy atom. The molecular weight excluding hydrogens is 360 g/mol. The molecule has 0 aromatic heterocycles. The predicted molar refractivity (Wildman–Crippen MR) is 87.9 cm³/mol. The van der Waals surface area contributed by atoms with Gasteiger partial charge >= 0.3 is 0 Å². The van der Waals surface area contributed by atoms with Gasteiger partial charge < -0.3 is 61.3 Å². The normalized spacial score (nSPS) is 12.7. The molecule has 0 aliphatic carbocycles. The molecule has 0 aromatic rings. The van der Waals surface area contributed by atoms with E-state index in [1.54, 1.807) is 0 Å². The van der Waals surface area contributed by atoms with E-state index in [0.29, 0.717) is 19.3 Å². The van der Waals surface area contributed by atoms with Gasteiger partial charge in [-0.1, -0.05) is 20.8 Å². The Morgan fingerprint density at radius 2 is 0.538 bits per heavy atom. The molecule has 0 rings (SSSR count). The molecule has 0 amide bonds. The van der Waals surface area contributed by atoms with Gasteiger partial charge in [0.1, 0.15) is 0 Å². The van der Waals surface area contributed by atoms with Crippen molar-refractivity contribution in [3.8, 4) is 0 Å². The quantitative estimate of drug-likeness (QED) is 0.209. The number of hydrogen-bond donors (Lipinski definition) is 12. The van der Waals surface area contributed by atoms with Crippen LogP contribution < -0.4 is 0 Å². The molecule has 0 aliphatic rings. The van der Waals surface area contributed by atoms with Gasteiger partial charge in [-0.15, -0.1) is 0 Å². The van der Waals surface area contributed by atoms with E-state index in [4.69, 9.17) is 61.3 Å². The first-order chi connectivity index (χ1) is 10.9. The van der Waals surface area contributed by atoms with Gasteiger partial charge in [-0.3, -0.25) is 0 Å². The molecule has 0 unspecified atom stereocenters. The molecule has 26 heavy (non-hydrogen) atoms. The van der Waals surface area contributed by atoms with Crippen molar-refractivity contribution in [1.29, 1.82) is 0 Å². The number of hydrogen-bond acceptors (Lipinski definition) is 12. The lowest BCUT2D eigenvalue weighted by Gasteiger charge is -2.37. The summed E-state index contributed by atoms with van der Waals surface area (Å²) in [6.45, 7) is 8.08. The SMILES string of the molecule is CC(O)(O)O.CC(O)(O)O.CC(O)(O)O.CCC(CC)(CC)C(O)(O)O. The van der Waals surface area contributed by atoms with Gasteiger partial charge in [0.15, 0.2) is 0 Å². The summed E-state index contributed by atoms with van der Waals surface area (Å²) in [5, 5.41) is 95.8. The maximum Gasteiger partial charge on any atom is 0.281 e. The molecule has 0 saturated carbocycles. The molecule has 12 nitrogen and oxygen atoms in total. The molecule has 0 heterocycles. The maximum atomic E-state index is 9.04. The number of rotatable bonds is 4. The topological polar surface area (TPSA) is 243 Å². The molecule has 0 aromatic carbocycles. The summed E-state index contributed by atoms with van der Waals surface area (Å²) in [5.41, 5.74) is -0.771. The number of aliphatic hydroxyl groups is 12. The lowest BCUT2D eigenvalue weighted by atomic mass is 9.77. The molecule has 12 N–H and O–H groups in total. The Hall–Kier alpha value is -0.480. The van der Waals surface area contributed by atoms with E-state index in [9.17, 15) is 0 Å². The van der Waals surface area contributed by atoms with Crippen LogP contribution in [0.3, 0.4) is 0 Å². The van der Waals surface area contributed by atoms with E-state index < -0.39 is 29.3 Å². The first-order valence-corrected chi connectivity index (χ1v) is 7.62. The highest BCUT2D eigenvalue weighted by atomic mass is 16.7. The van der Waals surface area contributed by atoms with E-state index in [1.165, 1.54) is 0 Å². The van der Waals surface area contributed by atoms with E-state index in [0.717, 1.165) is 20.8 Å². The molecule has 0 fully saturated rings. The third-order valence-electron chi connectivity index (χ3n) is 2.74. The Balaban J connectivity index is -0.000000136. The second kappa shape index (κ2) is 12.8. The van der Waals surface area contributed by atoms with E-state index in [1.807, 2.05) is 20.8 Å². The summed E-state index contributed by atoms with van der Waals surface area (Å²) < 4.78 is 0. The lowest BCUT2D eigenvalue weighted by Crippen LogP contribution is -2.47. The fraction of sp³-hybridized carbons (Fsp3) is 1.00. The average Bonchev–Trinajstić information content (AvgIpc) is 2.23. The van der Waals surface area contributed by atoms with Crippen LogP contribution in [-0.2, 0) is 0 Å². The van der Waals surface area contributed by atoms with E-state index in [-0.39, 0.29) is 0 Å². The van der Waals surface area contributed by atoms with Crippen LogP contribution in [0.25, 0.3) is 0 Å². The van der Waals surface area contributed by atoms with Gasteiger partial charge in [-0.2, -0.15) is 0 Å². The average molecular weight is 396 g/mol. The summed E-state index contributed by atoms with van der Waals surface area (Å²) >= 11 is 0. The van der Waals surface area contributed by atoms with Crippen LogP contribution in [0.15, 0.2) is 0 Å². The van der Waals surface area contributed by atoms with Gasteiger partial charge in [-0.05, 0) is 19.3 Å². The van der Waals surface area contributed by atoms with Gasteiger partial charge in [-0.25, -0.2) is 0 Å². The van der Waals surface area contributed by atoms with Crippen molar-refractivity contribution in [2.24, 2.45) is 5.41 Å². The van der Waals surface area contributed by atoms with Crippen LogP contribution in [0.2, 0.25) is 0 Å². The fourth-order valence-corrected chi connectivity index (χ4v) is 1.46. The van der Waals surface area contributed by atoms with Crippen molar-refractivity contribution in [3.63, 3.8) is 0 Å². The molecule has 0 bridgehead atoms. The Labute approximate surface area is 152 Å². The lowest BCUT2D eigenvalue weighted by molar-refractivity contribution is -0.377. The fourth-order valence-electron chi connectivity index (χ4n) is 1.46. The molecule has 0 saturated heterocycles. The van der Waals surface area contributed by atoms with Crippen molar-refractivity contribution >= 4 is 0 Å². The van der Waals surface area contributed by atoms with Gasteiger partial charge in [0, 0.05) is 20.8 Å². The molecule has 0 aliphatic heterocycles. The van der Waals surface area contributed by atoms with Crippen LogP contribution in [0.5, 0.6) is 0 Å². The van der Waals surface area contributed by atoms with Crippen LogP contribution in [0.4, 0.5) is 0 Å². The minimum atomic E-state index is -2.54. The molecule has 0 atom stereocenters. The van der Waals surface area contributed by atoms with Crippen LogP contribution in [0.1, 0.15) is 60.8 Å². The Bertz CT molecular complexity index is 260. The summed E-state index contributed by atoms with van der Waals surface area (Å²) in [6, 6.07) is 0. The molecule has 12 heteroatoms. The van der Waals surface area contributed by atoms with E-state index in [2.05, 4.69) is 0 Å². The zero-order chi connectivity index (χ0) is 22.6. The second-order valence-electron chi connectivity index (χ2n) is 5.89. The van der Waals surface area contributed by atoms with Crippen LogP contribution >= 0.6 is 0 Å². The van der Waals surface area contributed by atoms with Crippen LogP contribution in [-0.4, -0.2) is 85.2 Å². The molecule has 0 spiro atoms. The molecular formula is C14H36O12. The summed E-state index contributed by atoms with van der Waals surface area (Å²) in [6.07, 6.45) is 1.68. The van der Waals surface area contributed by atoms with Gasteiger partial charge in [0.25, 0.3) is 23.9 Å².